The normalized spacial score (nSPS) is 13.1. The third kappa shape index (κ3) is 7.08. The van der Waals surface area contributed by atoms with Gasteiger partial charge in [0.15, 0.2) is 0 Å². The molecule has 29 heavy (non-hydrogen) atoms. The molecule has 0 saturated heterocycles. The largest absolute Gasteiger partial charge is 0.497 e. The summed E-state index contributed by atoms with van der Waals surface area (Å²) in [5, 5.41) is 5.61. The number of hydrogen-bond acceptors (Lipinski definition) is 4. The Bertz CT molecular complexity index is 834. The third-order valence-electron chi connectivity index (χ3n) is 4.55. The second-order valence-corrected chi connectivity index (χ2v) is 6.98. The Hall–Kier alpha value is -3.12. The lowest BCUT2D eigenvalue weighted by molar-refractivity contribution is -0.126. The summed E-state index contributed by atoms with van der Waals surface area (Å²) in [4.78, 5) is 26.5. The molecule has 0 aliphatic carbocycles. The first kappa shape index (κ1) is 22.2. The van der Waals surface area contributed by atoms with Crippen LogP contribution in [0.1, 0.15) is 24.1 Å². The van der Waals surface area contributed by atoms with Gasteiger partial charge in [-0.2, -0.15) is 0 Å². The van der Waals surface area contributed by atoms with E-state index < -0.39 is 6.04 Å². The standard InChI is InChI=1S/C23H29N3O3/c1-17(25-22(27)14-13-18-9-6-5-7-10-18)23(28)24-16-21(26(2)3)19-11-8-12-20(15-19)29-4/h5-15,17,21H,16H2,1-4H3,(H,24,28)(H,25,27)/b14-13-/t17-,21-/m0/s1. The van der Waals surface area contributed by atoms with E-state index in [0.29, 0.717) is 6.54 Å². The van der Waals surface area contributed by atoms with Crippen molar-refractivity contribution in [1.29, 1.82) is 0 Å². The fourth-order valence-electron chi connectivity index (χ4n) is 2.86. The Morgan fingerprint density at radius 2 is 1.83 bits per heavy atom. The van der Waals surface area contributed by atoms with E-state index in [-0.39, 0.29) is 17.9 Å². The Labute approximate surface area is 172 Å². The third-order valence-corrected chi connectivity index (χ3v) is 4.55. The van der Waals surface area contributed by atoms with Gasteiger partial charge in [0.05, 0.1) is 13.2 Å². The van der Waals surface area contributed by atoms with Gasteiger partial charge in [0.1, 0.15) is 11.8 Å². The minimum atomic E-state index is -0.643. The fourth-order valence-corrected chi connectivity index (χ4v) is 2.86. The molecule has 0 saturated carbocycles. The Kier molecular flexibility index (Phi) is 8.43. The Balaban J connectivity index is 1.90. The number of carbonyl (C=O) groups excluding carboxylic acids is 2. The van der Waals surface area contributed by atoms with Gasteiger partial charge in [-0.05, 0) is 50.4 Å². The zero-order valence-corrected chi connectivity index (χ0v) is 17.4. The molecule has 2 aromatic rings. The molecule has 2 N–H and O–H groups in total. The van der Waals surface area contributed by atoms with Crippen LogP contribution < -0.4 is 15.4 Å². The Morgan fingerprint density at radius 3 is 2.48 bits per heavy atom. The molecule has 2 amide bonds. The summed E-state index contributed by atoms with van der Waals surface area (Å²) < 4.78 is 5.29. The van der Waals surface area contributed by atoms with Gasteiger partial charge in [-0.3, -0.25) is 9.59 Å². The molecule has 0 unspecified atom stereocenters. The number of carbonyl (C=O) groups is 2. The number of likely N-dealkylation sites (N-methyl/N-ethyl adjacent to an activating group) is 1. The van der Waals surface area contributed by atoms with Crippen LogP contribution in [0.15, 0.2) is 60.7 Å². The van der Waals surface area contributed by atoms with Gasteiger partial charge in [0.2, 0.25) is 11.8 Å². The molecule has 2 aromatic carbocycles. The average molecular weight is 396 g/mol. The van der Waals surface area contributed by atoms with E-state index in [1.54, 1.807) is 20.1 Å². The van der Waals surface area contributed by atoms with Crippen molar-refractivity contribution in [2.75, 3.05) is 27.7 Å². The minimum absolute atomic E-state index is 0.0186. The van der Waals surface area contributed by atoms with Crippen LogP contribution in [-0.4, -0.2) is 50.5 Å². The van der Waals surface area contributed by atoms with E-state index in [4.69, 9.17) is 4.74 Å². The summed E-state index contributed by atoms with van der Waals surface area (Å²) in [5.41, 5.74) is 1.96. The number of methoxy groups -OCH3 is 1. The lowest BCUT2D eigenvalue weighted by Gasteiger charge is -2.26. The first-order chi connectivity index (χ1) is 13.9. The van der Waals surface area contributed by atoms with Crippen molar-refractivity contribution in [1.82, 2.24) is 15.5 Å². The molecule has 0 bridgehead atoms. The van der Waals surface area contributed by atoms with Crippen molar-refractivity contribution in [3.63, 3.8) is 0 Å². The molecule has 0 radical (unpaired) electrons. The minimum Gasteiger partial charge on any atom is -0.497 e. The van der Waals surface area contributed by atoms with E-state index in [0.717, 1.165) is 16.9 Å². The monoisotopic (exact) mass is 395 g/mol. The predicted molar refractivity (Wildman–Crippen MR) is 116 cm³/mol. The molecule has 6 nitrogen and oxygen atoms in total. The van der Waals surface area contributed by atoms with Gasteiger partial charge in [0, 0.05) is 12.6 Å². The summed E-state index contributed by atoms with van der Waals surface area (Å²) >= 11 is 0. The number of nitrogens with zero attached hydrogens (tertiary/aromatic N) is 1. The molecule has 2 rings (SSSR count). The van der Waals surface area contributed by atoms with Crippen LogP contribution in [0, 0.1) is 0 Å². The average Bonchev–Trinajstić information content (AvgIpc) is 2.73. The first-order valence-corrected chi connectivity index (χ1v) is 9.52. The van der Waals surface area contributed by atoms with Crippen molar-refractivity contribution >= 4 is 17.9 Å². The highest BCUT2D eigenvalue weighted by Crippen LogP contribution is 2.22. The Morgan fingerprint density at radius 1 is 1.10 bits per heavy atom. The quantitative estimate of drug-likeness (QED) is 0.641. The summed E-state index contributed by atoms with van der Waals surface area (Å²) in [7, 11) is 5.54. The second-order valence-electron chi connectivity index (χ2n) is 6.98. The highest BCUT2D eigenvalue weighted by molar-refractivity contribution is 5.95. The summed E-state index contributed by atoms with van der Waals surface area (Å²) in [6.07, 6.45) is 3.14. The van der Waals surface area contributed by atoms with E-state index in [1.165, 1.54) is 6.08 Å². The molecule has 0 aliphatic heterocycles. The van der Waals surface area contributed by atoms with E-state index in [1.807, 2.05) is 73.6 Å². The lowest BCUT2D eigenvalue weighted by Crippen LogP contribution is -2.46. The SMILES string of the molecule is COc1cccc([C@H](CNC(=O)[C@H](C)NC(=O)/C=C\c2ccccc2)N(C)C)c1. The molecular weight excluding hydrogens is 366 g/mol. The molecular formula is C23H29N3O3. The van der Waals surface area contributed by atoms with Crippen LogP contribution >= 0.6 is 0 Å². The van der Waals surface area contributed by atoms with Crippen LogP contribution in [0.2, 0.25) is 0 Å². The van der Waals surface area contributed by atoms with Crippen molar-refractivity contribution in [3.05, 3.63) is 71.8 Å². The van der Waals surface area contributed by atoms with Crippen LogP contribution in [-0.2, 0) is 9.59 Å². The number of ether oxygens (including phenoxy) is 1. The number of rotatable bonds is 9. The highest BCUT2D eigenvalue weighted by Gasteiger charge is 2.19. The maximum absolute atomic E-state index is 12.4. The van der Waals surface area contributed by atoms with Crippen molar-refractivity contribution in [2.45, 2.75) is 19.0 Å². The van der Waals surface area contributed by atoms with Crippen molar-refractivity contribution in [2.24, 2.45) is 0 Å². The summed E-state index contributed by atoms with van der Waals surface area (Å²) in [6, 6.07) is 16.6. The maximum atomic E-state index is 12.4. The number of benzene rings is 2. The smallest absolute Gasteiger partial charge is 0.244 e. The fraction of sp³-hybridized carbons (Fsp3) is 0.304. The predicted octanol–water partition coefficient (Wildman–Crippen LogP) is 2.63. The van der Waals surface area contributed by atoms with Gasteiger partial charge < -0.3 is 20.3 Å². The summed E-state index contributed by atoms with van der Waals surface area (Å²) in [5.74, 6) is 0.223. The van der Waals surface area contributed by atoms with Crippen LogP contribution in [0.3, 0.4) is 0 Å². The topological polar surface area (TPSA) is 70.7 Å². The van der Waals surface area contributed by atoms with Gasteiger partial charge in [-0.1, -0.05) is 42.5 Å². The molecule has 0 aliphatic rings. The molecule has 0 heterocycles. The molecule has 0 spiro atoms. The van der Waals surface area contributed by atoms with Gasteiger partial charge in [-0.15, -0.1) is 0 Å². The molecule has 2 atom stereocenters. The molecule has 6 heteroatoms. The molecule has 0 fully saturated rings. The van der Waals surface area contributed by atoms with Crippen molar-refractivity contribution < 1.29 is 14.3 Å². The van der Waals surface area contributed by atoms with Gasteiger partial charge in [0.25, 0.3) is 0 Å². The van der Waals surface area contributed by atoms with E-state index in [9.17, 15) is 9.59 Å². The lowest BCUT2D eigenvalue weighted by atomic mass is 10.1. The number of nitrogens with one attached hydrogen (secondary N) is 2. The van der Waals surface area contributed by atoms with Crippen LogP contribution in [0.4, 0.5) is 0 Å². The number of hydrogen-bond donors (Lipinski definition) is 2. The maximum Gasteiger partial charge on any atom is 0.244 e. The van der Waals surface area contributed by atoms with Crippen LogP contribution in [0.5, 0.6) is 5.75 Å². The second kappa shape index (κ2) is 11.0. The van der Waals surface area contributed by atoms with Crippen molar-refractivity contribution in [3.8, 4) is 5.75 Å². The molecule has 0 aromatic heterocycles. The van der Waals surface area contributed by atoms with Crippen LogP contribution in [0.25, 0.3) is 6.08 Å². The first-order valence-electron chi connectivity index (χ1n) is 9.52. The van der Waals surface area contributed by atoms with E-state index >= 15 is 0 Å². The summed E-state index contributed by atoms with van der Waals surface area (Å²) in [6.45, 7) is 2.08. The van der Waals surface area contributed by atoms with Gasteiger partial charge in [-0.25, -0.2) is 0 Å². The zero-order valence-electron chi connectivity index (χ0n) is 17.4. The van der Waals surface area contributed by atoms with E-state index in [2.05, 4.69) is 10.6 Å². The number of amides is 2. The van der Waals surface area contributed by atoms with Gasteiger partial charge >= 0.3 is 0 Å². The molecule has 154 valence electrons. The highest BCUT2D eigenvalue weighted by atomic mass is 16.5. The zero-order chi connectivity index (χ0) is 21.2.